The predicted molar refractivity (Wildman–Crippen MR) is 105 cm³/mol. The maximum atomic E-state index is 5.51. The molecule has 2 N–H and O–H groups in total. The number of rotatable bonds is 7. The van der Waals surface area contributed by atoms with Crippen molar-refractivity contribution in [1.82, 2.24) is 25.4 Å². The van der Waals surface area contributed by atoms with Gasteiger partial charge in [0.1, 0.15) is 12.2 Å². The van der Waals surface area contributed by atoms with Crippen LogP contribution in [0.3, 0.4) is 0 Å². The van der Waals surface area contributed by atoms with Gasteiger partial charge in [-0.15, -0.1) is 24.0 Å². The van der Waals surface area contributed by atoms with Gasteiger partial charge in [-0.1, -0.05) is 24.3 Å². The average Bonchev–Trinajstić information content (AvgIpc) is 2.99. The van der Waals surface area contributed by atoms with Crippen LogP contribution >= 0.6 is 24.0 Å². The molecule has 0 unspecified atom stereocenters. The molecule has 0 saturated heterocycles. The van der Waals surface area contributed by atoms with E-state index in [-0.39, 0.29) is 24.0 Å². The highest BCUT2D eigenvalue weighted by Crippen LogP contribution is 2.09. The second kappa shape index (κ2) is 11.0. The molecule has 0 aliphatic rings. The topological polar surface area (TPSA) is 76.4 Å². The van der Waals surface area contributed by atoms with Crippen molar-refractivity contribution < 1.29 is 4.74 Å². The molecule has 1 heterocycles. The molecule has 0 atom stereocenters. The van der Waals surface area contributed by atoms with E-state index >= 15 is 0 Å². The van der Waals surface area contributed by atoms with E-state index in [4.69, 9.17) is 4.74 Å². The van der Waals surface area contributed by atoms with E-state index < -0.39 is 0 Å². The van der Waals surface area contributed by atoms with Crippen LogP contribution in [0.25, 0.3) is 0 Å². The Labute approximate surface area is 159 Å². The predicted octanol–water partition coefficient (Wildman–Crippen LogP) is 1.83. The largest absolute Gasteiger partial charge is 0.377 e. The Morgan fingerprint density at radius 3 is 2.54 bits per heavy atom. The van der Waals surface area contributed by atoms with Gasteiger partial charge in [-0.05, 0) is 18.1 Å². The summed E-state index contributed by atoms with van der Waals surface area (Å²) in [6.45, 7) is 4.58. The molecule has 8 heteroatoms. The Kier molecular flexibility index (Phi) is 9.31. The van der Waals surface area contributed by atoms with Crippen LogP contribution < -0.4 is 10.6 Å². The van der Waals surface area contributed by atoms with Crippen molar-refractivity contribution in [3.63, 3.8) is 0 Å². The normalized spacial score (nSPS) is 11.0. The summed E-state index contributed by atoms with van der Waals surface area (Å²) >= 11 is 0. The minimum absolute atomic E-state index is 0. The lowest BCUT2D eigenvalue weighted by molar-refractivity contribution is 0.133. The first-order valence-electron chi connectivity index (χ1n) is 7.66. The third-order valence-corrected chi connectivity index (χ3v) is 3.47. The zero-order valence-electron chi connectivity index (χ0n) is 14.3. The van der Waals surface area contributed by atoms with Crippen LogP contribution in [0.1, 0.15) is 23.9 Å². The second-order valence-corrected chi connectivity index (χ2v) is 4.99. The van der Waals surface area contributed by atoms with E-state index in [0.717, 1.165) is 11.8 Å². The van der Waals surface area contributed by atoms with Gasteiger partial charge in [-0.25, -0.2) is 4.98 Å². The van der Waals surface area contributed by atoms with E-state index in [0.29, 0.717) is 26.3 Å². The summed E-state index contributed by atoms with van der Waals surface area (Å²) in [5, 5.41) is 10.6. The molecule has 1 aromatic carbocycles. The van der Waals surface area contributed by atoms with Gasteiger partial charge in [0.15, 0.2) is 5.96 Å². The van der Waals surface area contributed by atoms with Crippen LogP contribution in [-0.4, -0.2) is 34.4 Å². The van der Waals surface area contributed by atoms with E-state index in [1.165, 1.54) is 17.5 Å². The first kappa shape index (κ1) is 20.4. The first-order chi connectivity index (χ1) is 11.2. The molecule has 24 heavy (non-hydrogen) atoms. The first-order valence-corrected chi connectivity index (χ1v) is 7.66. The highest BCUT2D eigenvalue weighted by atomic mass is 127. The maximum absolute atomic E-state index is 5.51. The van der Waals surface area contributed by atoms with Gasteiger partial charge in [0, 0.05) is 27.2 Å². The van der Waals surface area contributed by atoms with Gasteiger partial charge in [-0.2, -0.15) is 5.10 Å². The number of nitrogens with one attached hydrogen (secondary N) is 2. The lowest BCUT2D eigenvalue weighted by Crippen LogP contribution is -2.37. The van der Waals surface area contributed by atoms with E-state index in [1.807, 2.05) is 26.1 Å². The molecule has 0 fully saturated rings. The highest BCUT2D eigenvalue weighted by Gasteiger charge is 2.05. The van der Waals surface area contributed by atoms with Crippen molar-refractivity contribution in [1.29, 1.82) is 0 Å². The number of aliphatic imine (C=N–C) groups is 1. The summed E-state index contributed by atoms with van der Waals surface area (Å²) in [7, 11) is 3.61. The minimum atomic E-state index is 0. The summed E-state index contributed by atoms with van der Waals surface area (Å²) < 4.78 is 7.25. The molecule has 0 aliphatic carbocycles. The summed E-state index contributed by atoms with van der Waals surface area (Å²) in [6.07, 6.45) is 1.54. The van der Waals surface area contributed by atoms with Crippen LogP contribution in [0, 0.1) is 0 Å². The molecule has 0 radical (unpaired) electrons. The molecule has 0 aliphatic heterocycles. The number of benzene rings is 1. The highest BCUT2D eigenvalue weighted by molar-refractivity contribution is 14.0. The fourth-order valence-electron chi connectivity index (χ4n) is 2.13. The van der Waals surface area contributed by atoms with E-state index in [9.17, 15) is 0 Å². The monoisotopic (exact) mass is 444 g/mol. The molecule has 2 aromatic rings. The zero-order chi connectivity index (χ0) is 16.5. The van der Waals surface area contributed by atoms with Crippen molar-refractivity contribution in [2.75, 3.05) is 13.7 Å². The average molecular weight is 444 g/mol. The SMILES string of the molecule is CCOCc1ccccc1CNC(=NC)NCc1ncnn1C.I. The number of hydrogen-bond acceptors (Lipinski definition) is 4. The van der Waals surface area contributed by atoms with Gasteiger partial charge in [-0.3, -0.25) is 9.67 Å². The fraction of sp³-hybridized carbons (Fsp3) is 0.438. The molecule has 132 valence electrons. The van der Waals surface area contributed by atoms with Gasteiger partial charge < -0.3 is 15.4 Å². The van der Waals surface area contributed by atoms with Crippen LogP contribution in [0.15, 0.2) is 35.6 Å². The quantitative estimate of drug-likeness (QED) is 0.387. The molecule has 7 nitrogen and oxygen atoms in total. The Hall–Kier alpha value is -1.68. The van der Waals surface area contributed by atoms with Gasteiger partial charge in [0.05, 0.1) is 13.2 Å². The minimum Gasteiger partial charge on any atom is -0.377 e. The number of guanidine groups is 1. The number of aromatic nitrogens is 3. The lowest BCUT2D eigenvalue weighted by atomic mass is 10.1. The number of nitrogens with zero attached hydrogens (tertiary/aromatic N) is 4. The van der Waals surface area contributed by atoms with E-state index in [1.54, 1.807) is 11.7 Å². The molecular weight excluding hydrogens is 419 g/mol. The molecule has 1 aromatic heterocycles. The fourth-order valence-corrected chi connectivity index (χ4v) is 2.13. The third kappa shape index (κ3) is 6.08. The molecule has 0 saturated carbocycles. The third-order valence-electron chi connectivity index (χ3n) is 3.47. The molecule has 0 amide bonds. The van der Waals surface area contributed by atoms with E-state index in [2.05, 4.69) is 37.8 Å². The van der Waals surface area contributed by atoms with Crippen LogP contribution in [0.4, 0.5) is 0 Å². The van der Waals surface area contributed by atoms with Crippen molar-refractivity contribution >= 4 is 29.9 Å². The zero-order valence-corrected chi connectivity index (χ0v) is 16.7. The summed E-state index contributed by atoms with van der Waals surface area (Å²) in [5.74, 6) is 1.57. The van der Waals surface area contributed by atoms with Crippen LogP contribution in [0.5, 0.6) is 0 Å². The Morgan fingerprint density at radius 2 is 1.92 bits per heavy atom. The maximum Gasteiger partial charge on any atom is 0.191 e. The molecule has 2 rings (SSSR count). The van der Waals surface area contributed by atoms with Gasteiger partial charge in [0.2, 0.25) is 0 Å². The molecular formula is C16H25IN6O. The van der Waals surface area contributed by atoms with Crippen LogP contribution in [0.2, 0.25) is 0 Å². The summed E-state index contributed by atoms with van der Waals surface area (Å²) in [5.41, 5.74) is 2.38. The Balaban J connectivity index is 0.00000288. The van der Waals surface area contributed by atoms with Crippen molar-refractivity contribution in [3.8, 4) is 0 Å². The Bertz CT molecular complexity index is 643. The van der Waals surface area contributed by atoms with Crippen LogP contribution in [-0.2, 0) is 31.5 Å². The smallest absolute Gasteiger partial charge is 0.191 e. The van der Waals surface area contributed by atoms with Crippen molar-refractivity contribution in [2.45, 2.75) is 26.6 Å². The number of halogens is 1. The van der Waals surface area contributed by atoms with Crippen molar-refractivity contribution in [3.05, 3.63) is 47.5 Å². The van der Waals surface area contributed by atoms with Gasteiger partial charge >= 0.3 is 0 Å². The van der Waals surface area contributed by atoms with Gasteiger partial charge in [0.25, 0.3) is 0 Å². The van der Waals surface area contributed by atoms with Crippen molar-refractivity contribution in [2.24, 2.45) is 12.0 Å². The second-order valence-electron chi connectivity index (χ2n) is 4.99. The lowest BCUT2D eigenvalue weighted by Gasteiger charge is -2.14. The number of ether oxygens (including phenoxy) is 1. The summed E-state index contributed by atoms with van der Waals surface area (Å²) in [4.78, 5) is 8.41. The standard InChI is InChI=1S/C16H24N6O.HI/c1-4-23-11-14-8-6-5-7-13(14)9-18-16(17-2)19-10-15-20-12-21-22(15)3;/h5-8,12H,4,9-11H2,1-3H3,(H2,17,18,19);1H. The number of hydrogen-bond donors (Lipinski definition) is 2. The molecule has 0 spiro atoms. The Morgan fingerprint density at radius 1 is 1.21 bits per heavy atom. The summed E-state index contributed by atoms with van der Waals surface area (Å²) in [6, 6.07) is 8.24. The number of aryl methyl sites for hydroxylation is 1. The molecule has 0 bridgehead atoms.